The average molecular weight is 615 g/mol. The largest absolute Gasteiger partial charge is 0.486 e. The molecule has 216 valence electrons. The van der Waals surface area contributed by atoms with Crippen molar-refractivity contribution < 1.29 is 14.3 Å². The molecule has 1 aliphatic carbocycles. The van der Waals surface area contributed by atoms with E-state index in [-0.39, 0.29) is 19.3 Å². The lowest BCUT2D eigenvalue weighted by atomic mass is 10.1. The van der Waals surface area contributed by atoms with Crippen molar-refractivity contribution in [2.24, 2.45) is 0 Å². The maximum absolute atomic E-state index is 12.1. The minimum absolute atomic E-state index is 0.0514. The summed E-state index contributed by atoms with van der Waals surface area (Å²) in [6.07, 6.45) is 11.7. The van der Waals surface area contributed by atoms with Crippen molar-refractivity contribution in [1.82, 2.24) is 24.8 Å². The van der Waals surface area contributed by atoms with Crippen LogP contribution in [0.4, 0.5) is 4.79 Å². The predicted octanol–water partition coefficient (Wildman–Crippen LogP) is 6.36. The van der Waals surface area contributed by atoms with E-state index in [0.29, 0.717) is 26.6 Å². The lowest BCUT2D eigenvalue weighted by Gasteiger charge is -2.28. The number of nitrogens with zero attached hydrogens (tertiary/aromatic N) is 4. The van der Waals surface area contributed by atoms with Gasteiger partial charge in [-0.25, -0.2) is 9.78 Å². The third kappa shape index (κ3) is 8.10. The Labute approximate surface area is 255 Å². The number of imidazole rings is 1. The van der Waals surface area contributed by atoms with Gasteiger partial charge in [-0.1, -0.05) is 59.6 Å². The van der Waals surface area contributed by atoms with E-state index in [9.17, 15) is 4.79 Å². The van der Waals surface area contributed by atoms with Crippen LogP contribution >= 0.6 is 35.0 Å². The number of nitrogens with one attached hydrogen (secondary N) is 1. The van der Waals surface area contributed by atoms with E-state index in [1.165, 1.54) is 25.7 Å². The summed E-state index contributed by atoms with van der Waals surface area (Å²) < 4.78 is 13.4. The van der Waals surface area contributed by atoms with Gasteiger partial charge in [0.1, 0.15) is 12.4 Å². The van der Waals surface area contributed by atoms with Crippen molar-refractivity contribution in [3.63, 3.8) is 0 Å². The van der Waals surface area contributed by atoms with Crippen molar-refractivity contribution in [3.8, 4) is 23.3 Å². The van der Waals surface area contributed by atoms with Gasteiger partial charge in [-0.3, -0.25) is 9.55 Å². The van der Waals surface area contributed by atoms with Crippen LogP contribution < -0.4 is 10.1 Å². The van der Waals surface area contributed by atoms with Gasteiger partial charge < -0.3 is 19.7 Å². The van der Waals surface area contributed by atoms with Crippen LogP contribution in [0, 0.1) is 11.8 Å². The summed E-state index contributed by atoms with van der Waals surface area (Å²) in [7, 11) is 2.08. The molecule has 1 saturated carbocycles. The molecule has 0 bridgehead atoms. The van der Waals surface area contributed by atoms with Gasteiger partial charge in [-0.15, -0.1) is 0 Å². The van der Waals surface area contributed by atoms with Gasteiger partial charge in [0.15, 0.2) is 11.8 Å². The number of carbonyl (C=O) groups is 1. The molecule has 2 aliphatic rings. The molecule has 1 aromatic carbocycles. The highest BCUT2D eigenvalue weighted by Gasteiger charge is 2.22. The first-order valence-electron chi connectivity index (χ1n) is 13.8. The average Bonchev–Trinajstić information content (AvgIpc) is 3.64. The molecule has 1 amide bonds. The first-order chi connectivity index (χ1) is 20.0. The van der Waals surface area contributed by atoms with Gasteiger partial charge in [0, 0.05) is 29.1 Å². The molecule has 1 saturated heterocycles. The predicted molar refractivity (Wildman–Crippen MR) is 162 cm³/mol. The van der Waals surface area contributed by atoms with E-state index in [1.807, 2.05) is 36.3 Å². The second-order valence-corrected chi connectivity index (χ2v) is 12.3. The SMILES string of the molecule is CN1CCC(NC(=O)OCC#Cc2cc(Cl)c(OCc3cnc(SC4CCCC4)n3-c3cccnc3)cc2Cl)CC1. The molecule has 1 aliphatic heterocycles. The molecule has 0 spiro atoms. The molecule has 5 rings (SSSR count). The Morgan fingerprint density at radius 1 is 1.15 bits per heavy atom. The number of halogens is 2. The number of aromatic nitrogens is 3. The molecule has 0 unspecified atom stereocenters. The van der Waals surface area contributed by atoms with Crippen LogP contribution in [0.15, 0.2) is 48.0 Å². The van der Waals surface area contributed by atoms with Gasteiger partial charge >= 0.3 is 6.09 Å². The molecule has 2 fully saturated rings. The van der Waals surface area contributed by atoms with Crippen LogP contribution in [0.1, 0.15) is 49.8 Å². The highest BCUT2D eigenvalue weighted by Crippen LogP contribution is 2.36. The quantitative estimate of drug-likeness (QED) is 0.296. The van der Waals surface area contributed by atoms with Gasteiger partial charge in [0.25, 0.3) is 0 Å². The summed E-state index contributed by atoms with van der Waals surface area (Å²) in [6, 6.07) is 7.36. The number of likely N-dealkylation sites (tertiary alicyclic amines) is 1. The number of amides is 1. The maximum Gasteiger partial charge on any atom is 0.408 e. The molecule has 8 nitrogen and oxygen atoms in total. The molecule has 2 aromatic heterocycles. The summed E-state index contributed by atoms with van der Waals surface area (Å²) >= 11 is 14.8. The Balaban J connectivity index is 1.20. The van der Waals surface area contributed by atoms with E-state index in [1.54, 1.807) is 18.3 Å². The fourth-order valence-corrected chi connectivity index (χ4v) is 6.68. The van der Waals surface area contributed by atoms with Crippen LogP contribution in [-0.2, 0) is 11.3 Å². The fourth-order valence-electron chi connectivity index (χ4n) is 4.95. The Bertz CT molecular complexity index is 1390. The van der Waals surface area contributed by atoms with Crippen LogP contribution in [-0.4, -0.2) is 63.6 Å². The third-order valence-electron chi connectivity index (χ3n) is 7.22. The highest BCUT2D eigenvalue weighted by molar-refractivity contribution is 7.99. The summed E-state index contributed by atoms with van der Waals surface area (Å²) in [4.78, 5) is 23.3. The van der Waals surface area contributed by atoms with Crippen molar-refractivity contribution in [3.05, 3.63) is 64.2 Å². The second kappa shape index (κ2) is 14.3. The Kier molecular flexibility index (Phi) is 10.3. The summed E-state index contributed by atoms with van der Waals surface area (Å²) in [5.41, 5.74) is 2.34. The maximum atomic E-state index is 12.1. The van der Waals surface area contributed by atoms with E-state index < -0.39 is 6.09 Å². The van der Waals surface area contributed by atoms with Gasteiger partial charge in [0.2, 0.25) is 0 Å². The van der Waals surface area contributed by atoms with Crippen molar-refractivity contribution >= 4 is 41.1 Å². The van der Waals surface area contributed by atoms with Crippen LogP contribution in [0.2, 0.25) is 10.0 Å². The number of pyridine rings is 1. The number of thioether (sulfide) groups is 1. The third-order valence-corrected chi connectivity index (χ3v) is 9.13. The first-order valence-corrected chi connectivity index (χ1v) is 15.5. The summed E-state index contributed by atoms with van der Waals surface area (Å²) in [5.74, 6) is 6.21. The zero-order chi connectivity index (χ0) is 28.6. The minimum Gasteiger partial charge on any atom is -0.486 e. The fraction of sp³-hybridized carbons (Fsp3) is 0.433. The summed E-state index contributed by atoms with van der Waals surface area (Å²) in [5, 5.41) is 5.18. The number of ether oxygens (including phenoxy) is 2. The molecule has 0 atom stereocenters. The molecule has 11 heteroatoms. The number of piperidine rings is 1. The van der Waals surface area contributed by atoms with Crippen molar-refractivity contribution in [1.29, 1.82) is 0 Å². The monoisotopic (exact) mass is 613 g/mol. The smallest absolute Gasteiger partial charge is 0.408 e. The lowest BCUT2D eigenvalue weighted by molar-refractivity contribution is 0.147. The van der Waals surface area contributed by atoms with E-state index in [2.05, 4.69) is 38.7 Å². The topological polar surface area (TPSA) is 81.5 Å². The summed E-state index contributed by atoms with van der Waals surface area (Å²) in [6.45, 7) is 2.11. The minimum atomic E-state index is -0.461. The second-order valence-electron chi connectivity index (χ2n) is 10.3. The van der Waals surface area contributed by atoms with Crippen LogP contribution in [0.3, 0.4) is 0 Å². The highest BCUT2D eigenvalue weighted by atomic mass is 35.5. The van der Waals surface area contributed by atoms with Crippen LogP contribution in [0.25, 0.3) is 5.69 Å². The van der Waals surface area contributed by atoms with Gasteiger partial charge in [0.05, 0.1) is 33.8 Å². The Morgan fingerprint density at radius 2 is 1.95 bits per heavy atom. The normalized spacial score (nSPS) is 16.3. The molecule has 41 heavy (non-hydrogen) atoms. The Morgan fingerprint density at radius 3 is 2.71 bits per heavy atom. The van der Waals surface area contributed by atoms with Gasteiger partial charge in [-0.05, 0) is 64.0 Å². The number of rotatable bonds is 8. The van der Waals surface area contributed by atoms with E-state index in [0.717, 1.165) is 42.5 Å². The standard InChI is InChI=1S/C30H33Cl2N5O3S/c1-36-13-10-22(11-14-36)35-30(38)39-15-5-6-21-16-27(32)28(17-26(21)31)40-20-24-19-34-29(41-25-8-2-3-9-25)37(24)23-7-4-12-33-18-23/h4,7,12,16-19,22,25H,2-3,8-11,13-15,20H2,1H3,(H,35,38). The Hall–Kier alpha value is -2.90. The molecular weight excluding hydrogens is 581 g/mol. The van der Waals surface area contributed by atoms with Crippen LogP contribution in [0.5, 0.6) is 5.75 Å². The lowest BCUT2D eigenvalue weighted by Crippen LogP contribution is -2.43. The number of benzene rings is 1. The van der Waals surface area contributed by atoms with Crippen molar-refractivity contribution in [2.75, 3.05) is 26.7 Å². The van der Waals surface area contributed by atoms with Gasteiger partial charge in [-0.2, -0.15) is 0 Å². The zero-order valence-corrected chi connectivity index (χ0v) is 25.3. The van der Waals surface area contributed by atoms with E-state index >= 15 is 0 Å². The number of alkyl carbamates (subject to hydrolysis) is 1. The molecule has 3 aromatic rings. The zero-order valence-electron chi connectivity index (χ0n) is 22.9. The molecule has 3 heterocycles. The number of hydrogen-bond donors (Lipinski definition) is 1. The van der Waals surface area contributed by atoms with E-state index in [4.69, 9.17) is 37.7 Å². The van der Waals surface area contributed by atoms with Crippen molar-refractivity contribution in [2.45, 2.75) is 61.6 Å². The number of carbonyl (C=O) groups excluding carboxylic acids is 1. The molecule has 1 N–H and O–H groups in total. The first kappa shape index (κ1) is 29.6. The molecular formula is C30H33Cl2N5O3S. The molecule has 0 radical (unpaired) electrons. The number of hydrogen-bond acceptors (Lipinski definition) is 7.